The van der Waals surface area contributed by atoms with Crippen LogP contribution in [0.1, 0.15) is 97.8 Å². The molecule has 11 nitrogen and oxygen atoms in total. The molecule has 0 spiro atoms. The molecule has 43 heavy (non-hydrogen) atoms. The number of aromatic nitrogens is 6. The number of halogens is 2. The van der Waals surface area contributed by atoms with Crippen LogP contribution in [0.25, 0.3) is 5.78 Å². The van der Waals surface area contributed by atoms with Crippen molar-refractivity contribution in [1.82, 2.24) is 40.0 Å². The van der Waals surface area contributed by atoms with E-state index in [2.05, 4.69) is 32.6 Å². The maximum atomic E-state index is 15.0. The van der Waals surface area contributed by atoms with Gasteiger partial charge in [-0.3, -0.25) is 14.3 Å². The minimum absolute atomic E-state index is 0.00866. The van der Waals surface area contributed by atoms with Crippen molar-refractivity contribution in [3.63, 3.8) is 0 Å². The van der Waals surface area contributed by atoms with Crippen LogP contribution >= 0.6 is 0 Å². The molecular weight excluding hydrogens is 558 g/mol. The Labute approximate surface area is 250 Å². The fraction of sp³-hybridized carbons (Fsp3) is 0.667. The van der Waals surface area contributed by atoms with Crippen LogP contribution in [0.2, 0.25) is 0 Å². The molecule has 1 amide bonds. The first-order valence-corrected chi connectivity index (χ1v) is 15.4. The van der Waals surface area contributed by atoms with Crippen LogP contribution in [0.15, 0.2) is 18.5 Å². The van der Waals surface area contributed by atoms with Gasteiger partial charge >= 0.3 is 0 Å². The number of hydrogen-bond acceptors (Lipinski definition) is 8. The molecule has 3 aromatic rings. The second kappa shape index (κ2) is 13.5. The first-order chi connectivity index (χ1) is 20.7. The van der Waals surface area contributed by atoms with E-state index in [0.29, 0.717) is 23.6 Å². The van der Waals surface area contributed by atoms with Gasteiger partial charge in [-0.15, -0.1) is 0 Å². The summed E-state index contributed by atoms with van der Waals surface area (Å²) in [4.78, 5) is 32.0. The van der Waals surface area contributed by atoms with Gasteiger partial charge in [-0.2, -0.15) is 10.2 Å². The van der Waals surface area contributed by atoms with Gasteiger partial charge in [0.25, 0.3) is 11.7 Å². The molecule has 1 saturated carbocycles. The number of rotatable bonds is 11. The van der Waals surface area contributed by atoms with Crippen LogP contribution in [0.4, 0.5) is 8.78 Å². The van der Waals surface area contributed by atoms with E-state index in [-0.39, 0.29) is 55.2 Å². The molecule has 7 rings (SSSR count). The Hall–Kier alpha value is -3.32. The van der Waals surface area contributed by atoms with Gasteiger partial charge < -0.3 is 15.4 Å². The van der Waals surface area contributed by atoms with Gasteiger partial charge in [0.1, 0.15) is 5.69 Å². The molecule has 3 saturated heterocycles. The summed E-state index contributed by atoms with van der Waals surface area (Å²) in [5, 5.41) is 14.9. The summed E-state index contributed by atoms with van der Waals surface area (Å²) in [6.07, 6.45) is 11.6. The summed E-state index contributed by atoms with van der Waals surface area (Å²) in [5.74, 6) is -3.83. The van der Waals surface area contributed by atoms with E-state index >= 15 is 8.78 Å². The fourth-order valence-electron chi connectivity index (χ4n) is 6.27. The van der Waals surface area contributed by atoms with Crippen LogP contribution in [-0.4, -0.2) is 73.8 Å². The van der Waals surface area contributed by atoms with Gasteiger partial charge in [0.2, 0.25) is 5.91 Å². The second-order valence-electron chi connectivity index (χ2n) is 11.9. The van der Waals surface area contributed by atoms with E-state index in [0.717, 1.165) is 44.1 Å². The number of fused-ring (bicyclic) bond motifs is 3. The van der Waals surface area contributed by atoms with Crippen molar-refractivity contribution in [2.45, 2.75) is 88.6 Å². The fourth-order valence-corrected chi connectivity index (χ4v) is 6.27. The maximum Gasteiger partial charge on any atom is 0.260 e. The molecule has 2 bridgehead atoms. The predicted octanol–water partition coefficient (Wildman–Crippen LogP) is 3.79. The lowest BCUT2D eigenvalue weighted by Crippen LogP contribution is -2.57. The number of nitrogens with one attached hydrogen (secondary N) is 2. The third kappa shape index (κ3) is 6.93. The lowest BCUT2D eigenvalue weighted by atomic mass is 9.67. The highest BCUT2D eigenvalue weighted by Crippen LogP contribution is 2.43. The van der Waals surface area contributed by atoms with Gasteiger partial charge in [-0.25, -0.2) is 23.3 Å². The molecule has 13 heteroatoms. The second-order valence-corrected chi connectivity index (χ2v) is 11.9. The van der Waals surface area contributed by atoms with Crippen LogP contribution in [-0.2, 0) is 23.0 Å². The highest BCUT2D eigenvalue weighted by molar-refractivity contribution is 5.81. The third-order valence-corrected chi connectivity index (χ3v) is 9.01. The zero-order valence-corrected chi connectivity index (χ0v) is 25.1. The molecule has 3 aliphatic heterocycles. The molecule has 6 heterocycles. The van der Waals surface area contributed by atoms with E-state index < -0.39 is 11.8 Å². The SMILES string of the molecule is CCCCCCC(NC)c1cn2nc(CC3C(=O)NC4CC3C4)c(C3COCCC3(F)F)nc2n1.Cn1nccc1C=O. The quantitative estimate of drug-likeness (QED) is 0.251. The molecule has 3 aromatic heterocycles. The number of alkyl halides is 2. The Morgan fingerprint density at radius 1 is 1.26 bits per heavy atom. The van der Waals surface area contributed by atoms with Gasteiger partial charge in [0.05, 0.1) is 48.5 Å². The Bertz CT molecular complexity index is 1400. The standard InChI is InChI=1S/C25H36F2N6O2.C5H6N2O/c1-3-4-5-6-7-19(28-2)21-13-33-24(30-21)31-22(18-14-35-9-8-25(18,26)27)20(32-33)12-17-15-10-16(11-15)29-23(17)34;1-7-5(4-8)2-3-6-7/h13,15-19,28H,3-12,14H2,1-2H3,(H,29,34);2-4H,1H3. The number of hydrogen-bond donors (Lipinski definition) is 2. The number of aryl methyl sites for hydroxylation is 1. The first kappa shape index (κ1) is 31.1. The summed E-state index contributed by atoms with van der Waals surface area (Å²) < 4.78 is 38.6. The Morgan fingerprint density at radius 2 is 2.07 bits per heavy atom. The van der Waals surface area contributed by atoms with Crippen molar-refractivity contribution in [2.24, 2.45) is 18.9 Å². The van der Waals surface area contributed by atoms with E-state index in [1.54, 1.807) is 23.8 Å². The molecule has 2 N–H and O–H groups in total. The van der Waals surface area contributed by atoms with Crippen LogP contribution in [0.5, 0.6) is 0 Å². The Morgan fingerprint density at radius 3 is 2.70 bits per heavy atom. The minimum atomic E-state index is -2.95. The number of piperidine rings is 2. The predicted molar refractivity (Wildman–Crippen MR) is 155 cm³/mol. The molecule has 1 aliphatic carbocycles. The van der Waals surface area contributed by atoms with Crippen LogP contribution in [0.3, 0.4) is 0 Å². The van der Waals surface area contributed by atoms with Gasteiger partial charge in [0.15, 0.2) is 6.29 Å². The summed E-state index contributed by atoms with van der Waals surface area (Å²) in [6, 6.07) is 1.96. The normalized spacial score (nSPS) is 24.9. The Kier molecular flexibility index (Phi) is 9.80. The topological polar surface area (TPSA) is 128 Å². The summed E-state index contributed by atoms with van der Waals surface area (Å²) in [7, 11) is 3.63. The van der Waals surface area contributed by atoms with Gasteiger partial charge in [-0.1, -0.05) is 32.6 Å². The maximum absolute atomic E-state index is 15.0. The molecule has 4 fully saturated rings. The molecular formula is C30H42F2N8O3. The first-order valence-electron chi connectivity index (χ1n) is 15.4. The minimum Gasteiger partial charge on any atom is -0.380 e. The smallest absolute Gasteiger partial charge is 0.260 e. The monoisotopic (exact) mass is 600 g/mol. The van der Waals surface area contributed by atoms with Crippen molar-refractivity contribution in [3.8, 4) is 0 Å². The van der Waals surface area contributed by atoms with Crippen molar-refractivity contribution >= 4 is 18.0 Å². The molecule has 3 unspecified atom stereocenters. The number of nitrogens with zero attached hydrogens (tertiary/aromatic N) is 6. The largest absolute Gasteiger partial charge is 0.380 e. The number of unbranched alkanes of at least 4 members (excludes halogenated alkanes) is 3. The zero-order chi connectivity index (χ0) is 30.6. The number of carbonyl (C=O) groups excluding carboxylic acids is 2. The van der Waals surface area contributed by atoms with Crippen molar-refractivity contribution < 1.29 is 23.1 Å². The summed E-state index contributed by atoms with van der Waals surface area (Å²) >= 11 is 0. The van der Waals surface area contributed by atoms with E-state index in [9.17, 15) is 9.59 Å². The third-order valence-electron chi connectivity index (χ3n) is 9.01. The molecule has 0 aromatic carbocycles. The van der Waals surface area contributed by atoms with Crippen molar-refractivity contribution in [1.29, 1.82) is 0 Å². The van der Waals surface area contributed by atoms with E-state index in [1.807, 2.05) is 13.2 Å². The molecule has 3 atom stereocenters. The molecule has 4 aliphatic rings. The average molecular weight is 601 g/mol. The number of amides is 1. The van der Waals surface area contributed by atoms with E-state index in [4.69, 9.17) is 9.84 Å². The van der Waals surface area contributed by atoms with Gasteiger partial charge in [0, 0.05) is 38.0 Å². The highest BCUT2D eigenvalue weighted by Gasteiger charge is 2.48. The summed E-state index contributed by atoms with van der Waals surface area (Å²) in [5.41, 5.74) is 2.07. The van der Waals surface area contributed by atoms with Crippen LogP contribution in [0, 0.1) is 11.8 Å². The lowest BCUT2D eigenvalue weighted by Gasteiger charge is -2.46. The number of carbonyl (C=O) groups is 2. The summed E-state index contributed by atoms with van der Waals surface area (Å²) in [6.45, 7) is 2.10. The molecule has 234 valence electrons. The van der Waals surface area contributed by atoms with E-state index in [1.165, 1.54) is 17.5 Å². The average Bonchev–Trinajstić information content (AvgIpc) is 3.58. The number of ether oxygens (including phenoxy) is 1. The highest BCUT2D eigenvalue weighted by atomic mass is 19.3. The van der Waals surface area contributed by atoms with Crippen molar-refractivity contribution in [3.05, 3.63) is 41.2 Å². The van der Waals surface area contributed by atoms with Crippen LogP contribution < -0.4 is 10.6 Å². The zero-order valence-electron chi connectivity index (χ0n) is 25.1. The Balaban J connectivity index is 0.000000400. The number of imidazole rings is 1. The molecule has 0 radical (unpaired) electrons. The van der Waals surface area contributed by atoms with Gasteiger partial charge in [-0.05, 0) is 38.3 Å². The number of aldehydes is 1. The lowest BCUT2D eigenvalue weighted by molar-refractivity contribution is -0.135. The van der Waals surface area contributed by atoms with Crippen molar-refractivity contribution in [2.75, 3.05) is 20.3 Å².